The van der Waals surface area contributed by atoms with Crippen molar-refractivity contribution in [3.05, 3.63) is 23.2 Å². The first-order chi connectivity index (χ1) is 10.7. The molecule has 0 aliphatic heterocycles. The fraction of sp³-hybridized carbons (Fsp3) is 0.467. The normalized spacial score (nSPS) is 10.8. The number of thioether (sulfide) groups is 1. The lowest BCUT2D eigenvalue weighted by Gasteiger charge is -2.04. The molecule has 0 aliphatic rings. The third-order valence-corrected chi connectivity index (χ3v) is 3.63. The molecule has 0 fully saturated rings. The fourth-order valence-corrected chi connectivity index (χ4v) is 2.55. The molecule has 22 heavy (non-hydrogen) atoms. The van der Waals surface area contributed by atoms with Gasteiger partial charge in [-0.1, -0.05) is 5.92 Å². The number of hydrogen-bond acceptors (Lipinski definition) is 5. The van der Waals surface area contributed by atoms with Crippen LogP contribution in [0, 0.1) is 30.7 Å². The van der Waals surface area contributed by atoms with Crippen LogP contribution in [-0.4, -0.2) is 31.8 Å². The van der Waals surface area contributed by atoms with Gasteiger partial charge < -0.3 is 15.1 Å². The van der Waals surface area contributed by atoms with Gasteiger partial charge in [-0.3, -0.25) is 10.3 Å². The predicted molar refractivity (Wildman–Crippen MR) is 90.3 cm³/mol. The van der Waals surface area contributed by atoms with Gasteiger partial charge in [-0.2, -0.15) is 17.0 Å². The molecule has 6 nitrogen and oxygen atoms in total. The first-order valence-corrected chi connectivity index (χ1v) is 8.04. The standard InChI is InChI=1S/C15H21N5OS/c1-4-5-18-15(20-11-16)19-6-7-22-10-14-12(2)8-13(21-14)9-17-3/h1,8,17H,5-7,9-10H2,2-3H3,(H2,18,19,20). The first-order valence-electron chi connectivity index (χ1n) is 6.88. The minimum Gasteiger partial charge on any atom is -0.464 e. The lowest BCUT2D eigenvalue weighted by molar-refractivity contribution is 0.467. The van der Waals surface area contributed by atoms with Gasteiger partial charge in [0.25, 0.3) is 0 Å². The number of nitriles is 1. The zero-order chi connectivity index (χ0) is 16.2. The van der Waals surface area contributed by atoms with Gasteiger partial charge in [0.1, 0.15) is 11.5 Å². The van der Waals surface area contributed by atoms with Gasteiger partial charge in [0.2, 0.25) is 5.96 Å². The van der Waals surface area contributed by atoms with Crippen LogP contribution < -0.4 is 16.0 Å². The summed E-state index contributed by atoms with van der Waals surface area (Å²) in [6.07, 6.45) is 6.98. The summed E-state index contributed by atoms with van der Waals surface area (Å²) >= 11 is 1.74. The number of hydrogen-bond donors (Lipinski definition) is 3. The van der Waals surface area contributed by atoms with E-state index in [1.807, 2.05) is 13.2 Å². The van der Waals surface area contributed by atoms with Crippen LogP contribution >= 0.6 is 11.8 Å². The highest BCUT2D eigenvalue weighted by Gasteiger charge is 2.06. The largest absolute Gasteiger partial charge is 0.464 e. The van der Waals surface area contributed by atoms with E-state index in [9.17, 15) is 0 Å². The van der Waals surface area contributed by atoms with E-state index < -0.39 is 0 Å². The van der Waals surface area contributed by atoms with Crippen LogP contribution in [0.5, 0.6) is 0 Å². The van der Waals surface area contributed by atoms with Crippen molar-refractivity contribution in [3.63, 3.8) is 0 Å². The number of furan rings is 1. The average Bonchev–Trinajstić information content (AvgIpc) is 2.84. The lowest BCUT2D eigenvalue weighted by Crippen LogP contribution is -2.34. The van der Waals surface area contributed by atoms with Crippen LogP contribution in [0.15, 0.2) is 15.5 Å². The van der Waals surface area contributed by atoms with E-state index in [1.165, 1.54) is 5.56 Å². The van der Waals surface area contributed by atoms with Gasteiger partial charge in [0.15, 0.2) is 6.19 Å². The van der Waals surface area contributed by atoms with Crippen molar-refractivity contribution < 1.29 is 4.42 Å². The summed E-state index contributed by atoms with van der Waals surface area (Å²) in [5.41, 5.74) is 1.17. The average molecular weight is 319 g/mol. The van der Waals surface area contributed by atoms with E-state index in [1.54, 1.807) is 11.8 Å². The molecular formula is C15H21N5OS. The van der Waals surface area contributed by atoms with Crippen molar-refractivity contribution in [3.8, 4) is 18.5 Å². The molecule has 0 saturated heterocycles. The molecule has 1 rings (SSSR count). The Morgan fingerprint density at radius 3 is 3.05 bits per heavy atom. The van der Waals surface area contributed by atoms with E-state index in [0.717, 1.165) is 29.6 Å². The summed E-state index contributed by atoms with van der Waals surface area (Å²) in [6, 6.07) is 2.06. The highest BCUT2D eigenvalue weighted by atomic mass is 32.2. The second-order valence-corrected chi connectivity index (χ2v) is 5.53. The van der Waals surface area contributed by atoms with Crippen molar-refractivity contribution in [1.82, 2.24) is 16.0 Å². The van der Waals surface area contributed by atoms with Crippen LogP contribution in [-0.2, 0) is 12.3 Å². The molecule has 0 amide bonds. The molecule has 0 radical (unpaired) electrons. The molecule has 118 valence electrons. The second kappa shape index (κ2) is 10.6. The van der Waals surface area contributed by atoms with Crippen LogP contribution in [0.1, 0.15) is 17.1 Å². The summed E-state index contributed by atoms with van der Waals surface area (Å²) in [6.45, 7) is 3.71. The topological polar surface area (TPSA) is 85.4 Å². The number of nitrogens with zero attached hydrogens (tertiary/aromatic N) is 2. The quantitative estimate of drug-likeness (QED) is 0.167. The molecule has 0 saturated carbocycles. The Kier molecular flexibility index (Phi) is 8.66. The van der Waals surface area contributed by atoms with Crippen molar-refractivity contribution in [2.45, 2.75) is 19.2 Å². The molecular weight excluding hydrogens is 298 g/mol. The number of aryl methyl sites for hydroxylation is 1. The minimum atomic E-state index is 0.334. The Balaban J connectivity index is 2.35. The lowest BCUT2D eigenvalue weighted by atomic mass is 10.3. The number of rotatable bonds is 8. The Bertz CT molecular complexity index is 567. The van der Waals surface area contributed by atoms with Crippen LogP contribution in [0.4, 0.5) is 0 Å². The van der Waals surface area contributed by atoms with Gasteiger partial charge in [-0.05, 0) is 25.6 Å². The minimum absolute atomic E-state index is 0.334. The number of aliphatic imine (C=N–C) groups is 1. The molecule has 7 heteroatoms. The molecule has 0 atom stereocenters. The maximum atomic E-state index is 8.61. The van der Waals surface area contributed by atoms with Gasteiger partial charge in [-0.15, -0.1) is 6.42 Å². The third kappa shape index (κ3) is 6.57. The van der Waals surface area contributed by atoms with Crippen molar-refractivity contribution in [2.24, 2.45) is 4.99 Å². The predicted octanol–water partition coefficient (Wildman–Crippen LogP) is 1.19. The number of nitrogens with one attached hydrogen (secondary N) is 3. The van der Waals surface area contributed by atoms with Crippen LogP contribution in [0.3, 0.4) is 0 Å². The Morgan fingerprint density at radius 1 is 1.55 bits per heavy atom. The Labute approximate surface area is 135 Å². The highest BCUT2D eigenvalue weighted by molar-refractivity contribution is 7.98. The van der Waals surface area contributed by atoms with Gasteiger partial charge >= 0.3 is 0 Å². The van der Waals surface area contributed by atoms with E-state index >= 15 is 0 Å². The van der Waals surface area contributed by atoms with Gasteiger partial charge in [0, 0.05) is 5.75 Å². The molecule has 1 aromatic rings. The zero-order valence-corrected chi connectivity index (χ0v) is 13.7. The van der Waals surface area contributed by atoms with E-state index in [2.05, 4.69) is 39.9 Å². The summed E-state index contributed by atoms with van der Waals surface area (Å²) in [7, 11) is 1.89. The Morgan fingerprint density at radius 2 is 2.36 bits per heavy atom. The van der Waals surface area contributed by atoms with Crippen molar-refractivity contribution in [2.75, 3.05) is 25.9 Å². The van der Waals surface area contributed by atoms with Crippen LogP contribution in [0.2, 0.25) is 0 Å². The molecule has 1 aromatic heterocycles. The first kappa shape index (κ1) is 18.0. The smallest absolute Gasteiger partial charge is 0.205 e. The number of guanidine groups is 1. The molecule has 3 N–H and O–H groups in total. The zero-order valence-electron chi connectivity index (χ0n) is 12.9. The summed E-state index contributed by atoms with van der Waals surface area (Å²) in [4.78, 5) is 4.25. The van der Waals surface area contributed by atoms with E-state index in [0.29, 0.717) is 19.0 Å². The maximum Gasteiger partial charge on any atom is 0.205 e. The van der Waals surface area contributed by atoms with Gasteiger partial charge in [-0.25, -0.2) is 0 Å². The molecule has 1 heterocycles. The molecule has 0 aromatic carbocycles. The van der Waals surface area contributed by atoms with Gasteiger partial charge in [0.05, 0.1) is 25.4 Å². The Hall–Kier alpha value is -2.09. The van der Waals surface area contributed by atoms with Crippen LogP contribution in [0.25, 0.3) is 0 Å². The summed E-state index contributed by atoms with van der Waals surface area (Å²) in [5, 5.41) is 17.0. The SMILES string of the molecule is C#CCNC(=NCCSCc1oc(CNC)cc1C)NC#N. The molecule has 0 unspecified atom stereocenters. The van der Waals surface area contributed by atoms with E-state index in [4.69, 9.17) is 16.1 Å². The monoisotopic (exact) mass is 319 g/mol. The third-order valence-electron chi connectivity index (χ3n) is 2.69. The van der Waals surface area contributed by atoms with Crippen molar-refractivity contribution >= 4 is 17.7 Å². The molecule has 0 spiro atoms. The fourth-order valence-electron chi connectivity index (χ4n) is 1.71. The summed E-state index contributed by atoms with van der Waals surface area (Å²) in [5.74, 6) is 6.43. The molecule has 0 aliphatic carbocycles. The second-order valence-electron chi connectivity index (χ2n) is 4.43. The van der Waals surface area contributed by atoms with Crippen molar-refractivity contribution in [1.29, 1.82) is 5.26 Å². The molecule has 0 bridgehead atoms. The summed E-state index contributed by atoms with van der Waals surface area (Å²) < 4.78 is 5.77. The number of terminal acetylenes is 1. The maximum absolute atomic E-state index is 8.61. The highest BCUT2D eigenvalue weighted by Crippen LogP contribution is 2.20. The van der Waals surface area contributed by atoms with E-state index in [-0.39, 0.29) is 0 Å².